The molecule has 6 nitrogen and oxygen atoms in total. The van der Waals surface area contributed by atoms with E-state index in [4.69, 9.17) is 20.6 Å². The summed E-state index contributed by atoms with van der Waals surface area (Å²) in [5.74, 6) is 2.46. The number of nitrogens with one attached hydrogen (secondary N) is 1. The fourth-order valence-corrected chi connectivity index (χ4v) is 2.10. The summed E-state index contributed by atoms with van der Waals surface area (Å²) in [6, 6.07) is 4.92. The fraction of sp³-hybridized carbons (Fsp3) is 0.500. The molecule has 0 unspecified atom stereocenters. The molecule has 0 aliphatic rings. The summed E-state index contributed by atoms with van der Waals surface area (Å²) in [7, 11) is 1.32. The van der Waals surface area contributed by atoms with Crippen LogP contribution >= 0.6 is 0 Å². The van der Waals surface area contributed by atoms with E-state index in [1.165, 1.54) is 7.11 Å². The second-order valence-corrected chi connectivity index (χ2v) is 6.68. The zero-order valence-corrected chi connectivity index (χ0v) is 15.9. The number of unbranched alkanes of at least 4 members (excludes halogenated alkanes) is 2. The number of methoxy groups -OCH3 is 1. The van der Waals surface area contributed by atoms with Crippen LogP contribution in [0.25, 0.3) is 0 Å². The second kappa shape index (κ2) is 10.3. The lowest BCUT2D eigenvalue weighted by Gasteiger charge is -2.19. The van der Waals surface area contributed by atoms with E-state index in [2.05, 4.69) is 11.2 Å². The van der Waals surface area contributed by atoms with Crippen molar-refractivity contribution < 1.29 is 23.8 Å². The third kappa shape index (κ3) is 7.93. The normalized spacial score (nSPS) is 10.6. The van der Waals surface area contributed by atoms with Gasteiger partial charge in [0.05, 0.1) is 13.7 Å². The first-order chi connectivity index (χ1) is 12.3. The maximum atomic E-state index is 11.8. The van der Waals surface area contributed by atoms with Gasteiger partial charge in [0, 0.05) is 12.1 Å². The molecule has 0 aliphatic carbocycles. The van der Waals surface area contributed by atoms with Crippen molar-refractivity contribution in [3.63, 3.8) is 0 Å². The monoisotopic (exact) mass is 361 g/mol. The van der Waals surface area contributed by atoms with Gasteiger partial charge in [0.2, 0.25) is 0 Å². The van der Waals surface area contributed by atoms with Crippen molar-refractivity contribution in [2.45, 2.75) is 45.6 Å². The molecule has 1 aromatic rings. The van der Waals surface area contributed by atoms with Gasteiger partial charge in [0.25, 0.3) is 0 Å². The molecule has 0 radical (unpaired) electrons. The van der Waals surface area contributed by atoms with Crippen molar-refractivity contribution in [2.75, 3.05) is 20.3 Å². The minimum absolute atomic E-state index is 0.345. The van der Waals surface area contributed by atoms with Gasteiger partial charge in [-0.3, -0.25) is 0 Å². The van der Waals surface area contributed by atoms with Gasteiger partial charge in [0.1, 0.15) is 16.9 Å². The van der Waals surface area contributed by atoms with E-state index < -0.39 is 17.7 Å². The Morgan fingerprint density at radius 1 is 1.19 bits per heavy atom. The smallest absolute Gasteiger partial charge is 0.407 e. The fourth-order valence-electron chi connectivity index (χ4n) is 2.10. The highest BCUT2D eigenvalue weighted by Crippen LogP contribution is 2.21. The van der Waals surface area contributed by atoms with E-state index in [1.807, 2.05) is 20.8 Å². The van der Waals surface area contributed by atoms with E-state index in [9.17, 15) is 9.59 Å². The lowest BCUT2D eigenvalue weighted by atomic mass is 10.1. The van der Waals surface area contributed by atoms with Crippen LogP contribution in [-0.2, 0) is 9.47 Å². The van der Waals surface area contributed by atoms with Crippen LogP contribution < -0.4 is 10.1 Å². The molecule has 0 fully saturated rings. The predicted molar refractivity (Wildman–Crippen MR) is 99.3 cm³/mol. The van der Waals surface area contributed by atoms with E-state index in [0.717, 1.165) is 19.3 Å². The van der Waals surface area contributed by atoms with Crippen LogP contribution in [0.5, 0.6) is 5.75 Å². The SMILES string of the molecule is C#Cc1ccc(C(=O)OC)c(OCCCCCNC(=O)OC(C)(C)C)c1. The van der Waals surface area contributed by atoms with Crippen LogP contribution in [0.15, 0.2) is 18.2 Å². The molecular weight excluding hydrogens is 334 g/mol. The lowest BCUT2D eigenvalue weighted by Crippen LogP contribution is -2.33. The Morgan fingerprint density at radius 3 is 2.54 bits per heavy atom. The number of carbonyl (C=O) groups excluding carboxylic acids is 2. The summed E-state index contributed by atoms with van der Waals surface area (Å²) in [6.45, 7) is 6.43. The molecule has 0 atom stereocenters. The van der Waals surface area contributed by atoms with Crippen molar-refractivity contribution >= 4 is 12.1 Å². The number of terminal acetylenes is 1. The molecule has 1 amide bonds. The zero-order valence-electron chi connectivity index (χ0n) is 15.9. The Morgan fingerprint density at radius 2 is 1.92 bits per heavy atom. The number of rotatable bonds is 8. The van der Waals surface area contributed by atoms with Crippen LogP contribution in [-0.4, -0.2) is 37.9 Å². The summed E-state index contributed by atoms with van der Waals surface area (Å²) in [4.78, 5) is 23.3. The van der Waals surface area contributed by atoms with Gasteiger partial charge in [-0.15, -0.1) is 6.42 Å². The van der Waals surface area contributed by atoms with Gasteiger partial charge in [-0.2, -0.15) is 0 Å². The van der Waals surface area contributed by atoms with Gasteiger partial charge < -0.3 is 19.5 Å². The number of esters is 1. The maximum absolute atomic E-state index is 11.8. The minimum atomic E-state index is -0.498. The van der Waals surface area contributed by atoms with Crippen LogP contribution in [0.2, 0.25) is 0 Å². The standard InChI is InChI=1S/C20H27NO5/c1-6-15-10-11-16(18(22)24-5)17(14-15)25-13-9-7-8-12-21-19(23)26-20(2,3)4/h1,10-11,14H,7-9,12-13H2,2-5H3,(H,21,23). The van der Waals surface area contributed by atoms with E-state index in [0.29, 0.717) is 30.0 Å². The molecular formula is C20H27NO5. The molecule has 0 saturated heterocycles. The first-order valence-electron chi connectivity index (χ1n) is 8.55. The number of amides is 1. The number of hydrogen-bond donors (Lipinski definition) is 1. The Hall–Kier alpha value is -2.68. The maximum Gasteiger partial charge on any atom is 0.407 e. The third-order valence-corrected chi connectivity index (χ3v) is 3.30. The molecule has 1 N–H and O–H groups in total. The van der Waals surface area contributed by atoms with Gasteiger partial charge in [-0.05, 0) is 58.2 Å². The first-order valence-corrected chi connectivity index (χ1v) is 8.55. The number of carbonyl (C=O) groups is 2. The Balaban J connectivity index is 2.35. The first kappa shape index (κ1) is 21.4. The number of alkyl carbamates (subject to hydrolysis) is 1. The zero-order chi connectivity index (χ0) is 19.6. The van der Waals surface area contributed by atoms with Gasteiger partial charge in [-0.1, -0.05) is 5.92 Å². The van der Waals surface area contributed by atoms with Crippen LogP contribution in [0.1, 0.15) is 56.0 Å². The number of ether oxygens (including phenoxy) is 3. The molecule has 26 heavy (non-hydrogen) atoms. The third-order valence-electron chi connectivity index (χ3n) is 3.30. The topological polar surface area (TPSA) is 73.9 Å². The van der Waals surface area contributed by atoms with Gasteiger partial charge in [-0.25, -0.2) is 9.59 Å². The molecule has 0 aliphatic heterocycles. The van der Waals surface area contributed by atoms with Crippen molar-refractivity contribution in [3.05, 3.63) is 29.3 Å². The minimum Gasteiger partial charge on any atom is -0.493 e. The van der Waals surface area contributed by atoms with Crippen LogP contribution in [0.4, 0.5) is 4.79 Å². The summed E-state index contributed by atoms with van der Waals surface area (Å²) in [5, 5.41) is 2.71. The molecule has 142 valence electrons. The Kier molecular flexibility index (Phi) is 8.50. The molecule has 0 saturated carbocycles. The molecule has 1 rings (SSSR count). The highest BCUT2D eigenvalue weighted by molar-refractivity contribution is 5.92. The quantitative estimate of drug-likeness (QED) is 0.436. The molecule has 0 bridgehead atoms. The number of hydrogen-bond acceptors (Lipinski definition) is 5. The van der Waals surface area contributed by atoms with Gasteiger partial charge in [0.15, 0.2) is 0 Å². The largest absolute Gasteiger partial charge is 0.493 e. The van der Waals surface area contributed by atoms with Crippen LogP contribution in [0, 0.1) is 12.3 Å². The lowest BCUT2D eigenvalue weighted by molar-refractivity contribution is 0.0525. The molecule has 1 aromatic carbocycles. The highest BCUT2D eigenvalue weighted by Gasteiger charge is 2.15. The Labute approximate surface area is 155 Å². The summed E-state index contributed by atoms with van der Waals surface area (Å²) >= 11 is 0. The van der Waals surface area contributed by atoms with Gasteiger partial charge >= 0.3 is 12.1 Å². The van der Waals surface area contributed by atoms with E-state index in [1.54, 1.807) is 18.2 Å². The molecule has 6 heteroatoms. The summed E-state index contributed by atoms with van der Waals surface area (Å²) in [6.07, 6.45) is 7.41. The summed E-state index contributed by atoms with van der Waals surface area (Å²) < 4.78 is 15.6. The van der Waals surface area contributed by atoms with E-state index >= 15 is 0 Å². The number of benzene rings is 1. The molecule has 0 aromatic heterocycles. The van der Waals surface area contributed by atoms with Crippen molar-refractivity contribution in [1.29, 1.82) is 0 Å². The molecule has 0 spiro atoms. The average molecular weight is 361 g/mol. The summed E-state index contributed by atoms with van der Waals surface area (Å²) in [5.41, 5.74) is 0.481. The predicted octanol–water partition coefficient (Wildman–Crippen LogP) is 3.53. The average Bonchev–Trinajstić information content (AvgIpc) is 2.58. The van der Waals surface area contributed by atoms with Crippen molar-refractivity contribution in [3.8, 4) is 18.1 Å². The Bertz CT molecular complexity index is 655. The van der Waals surface area contributed by atoms with Crippen LogP contribution in [0.3, 0.4) is 0 Å². The molecule has 0 heterocycles. The van der Waals surface area contributed by atoms with Crippen molar-refractivity contribution in [2.24, 2.45) is 0 Å². The van der Waals surface area contributed by atoms with Crippen molar-refractivity contribution in [1.82, 2.24) is 5.32 Å². The van der Waals surface area contributed by atoms with E-state index in [-0.39, 0.29) is 0 Å². The highest BCUT2D eigenvalue weighted by atomic mass is 16.6. The second-order valence-electron chi connectivity index (χ2n) is 6.68.